The molecule has 3 aromatic rings. The first-order valence-corrected chi connectivity index (χ1v) is 12.2. The van der Waals surface area contributed by atoms with E-state index in [0.717, 1.165) is 12.1 Å². The summed E-state index contributed by atoms with van der Waals surface area (Å²) in [5.41, 5.74) is -3.62. The number of halogens is 5. The summed E-state index contributed by atoms with van der Waals surface area (Å²) in [7, 11) is 2.63. The molecule has 12 heteroatoms. The molecule has 2 atom stereocenters. The van der Waals surface area contributed by atoms with Crippen LogP contribution in [-0.2, 0) is 15.1 Å². The lowest BCUT2D eigenvalue weighted by Gasteiger charge is -2.38. The van der Waals surface area contributed by atoms with Crippen LogP contribution in [0.25, 0.3) is 0 Å². The number of fused-ring (bicyclic) bond motifs is 1. The van der Waals surface area contributed by atoms with Crippen LogP contribution in [-0.4, -0.2) is 43.9 Å². The Kier molecular flexibility index (Phi) is 7.75. The monoisotopic (exact) mass is 583 g/mol. The van der Waals surface area contributed by atoms with Gasteiger partial charge in [0.05, 0.1) is 23.4 Å². The third-order valence-electron chi connectivity index (χ3n) is 6.56. The molecule has 206 valence electrons. The standard InChI is InChI=1S/C27H22Cl2F3NO6/c1-14(26(36,27(30,31)32)15-4-9-23-22(10-15)33(2)24(34)13-38-23)18-7-5-16(11-20(18)28)39-17-6-8-19(21(29)12-17)25(35)37-3/h4-12,14,36H,13H2,1-3H3/t14-,26-/m0/s1. The molecule has 0 spiro atoms. The second kappa shape index (κ2) is 10.6. The fourth-order valence-electron chi connectivity index (χ4n) is 4.29. The summed E-state index contributed by atoms with van der Waals surface area (Å²) in [5, 5.41) is 11.2. The predicted molar refractivity (Wildman–Crippen MR) is 138 cm³/mol. The average Bonchev–Trinajstić information content (AvgIpc) is 2.89. The van der Waals surface area contributed by atoms with Crippen molar-refractivity contribution in [2.24, 2.45) is 0 Å². The first-order chi connectivity index (χ1) is 18.3. The minimum absolute atomic E-state index is 0.00122. The van der Waals surface area contributed by atoms with Gasteiger partial charge in [-0.05, 0) is 47.5 Å². The van der Waals surface area contributed by atoms with E-state index in [1.807, 2.05) is 0 Å². The van der Waals surface area contributed by atoms with E-state index in [2.05, 4.69) is 4.74 Å². The summed E-state index contributed by atoms with van der Waals surface area (Å²) in [5.74, 6) is -2.00. The van der Waals surface area contributed by atoms with E-state index >= 15 is 0 Å². The van der Waals surface area contributed by atoms with Crippen LogP contribution in [0.1, 0.15) is 34.3 Å². The average molecular weight is 584 g/mol. The van der Waals surface area contributed by atoms with Crippen molar-refractivity contribution in [3.63, 3.8) is 0 Å². The third-order valence-corrected chi connectivity index (χ3v) is 7.20. The number of hydrogen-bond donors (Lipinski definition) is 1. The Morgan fingerprint density at radius 2 is 1.69 bits per heavy atom. The van der Waals surface area contributed by atoms with Gasteiger partial charge < -0.3 is 24.2 Å². The number of hydrogen-bond acceptors (Lipinski definition) is 6. The SMILES string of the molecule is COC(=O)c1ccc(Oc2ccc([C@H](C)[C@](O)(c3ccc4c(c3)N(C)C(=O)CO4)C(F)(F)F)c(Cl)c2)cc1Cl. The highest BCUT2D eigenvalue weighted by Crippen LogP contribution is 2.51. The third kappa shape index (κ3) is 5.24. The highest BCUT2D eigenvalue weighted by Gasteiger charge is 2.59. The van der Waals surface area contributed by atoms with Crippen LogP contribution in [0.15, 0.2) is 54.6 Å². The van der Waals surface area contributed by atoms with Crippen molar-refractivity contribution in [2.75, 3.05) is 25.7 Å². The largest absolute Gasteiger partial charge is 0.482 e. The maximum absolute atomic E-state index is 14.5. The smallest absolute Gasteiger partial charge is 0.422 e. The Hall–Kier alpha value is -3.47. The van der Waals surface area contributed by atoms with Gasteiger partial charge in [0.15, 0.2) is 12.2 Å². The summed E-state index contributed by atoms with van der Waals surface area (Å²) in [6.07, 6.45) is -5.12. The van der Waals surface area contributed by atoms with Crippen molar-refractivity contribution in [2.45, 2.75) is 24.6 Å². The number of ether oxygens (including phenoxy) is 3. The summed E-state index contributed by atoms with van der Waals surface area (Å²) in [4.78, 5) is 24.9. The van der Waals surface area contributed by atoms with E-state index in [1.54, 1.807) is 0 Å². The van der Waals surface area contributed by atoms with Gasteiger partial charge in [0.25, 0.3) is 5.91 Å². The zero-order chi connectivity index (χ0) is 28.7. The summed E-state index contributed by atoms with van der Waals surface area (Å²) >= 11 is 12.5. The number of esters is 1. The maximum atomic E-state index is 14.5. The fourth-order valence-corrected chi connectivity index (χ4v) is 4.87. The van der Waals surface area contributed by atoms with Gasteiger partial charge in [0, 0.05) is 24.1 Å². The van der Waals surface area contributed by atoms with Gasteiger partial charge in [-0.3, -0.25) is 4.79 Å². The molecule has 0 aliphatic carbocycles. The molecule has 1 heterocycles. The number of benzene rings is 3. The van der Waals surface area contributed by atoms with Gasteiger partial charge in [-0.15, -0.1) is 0 Å². The quantitative estimate of drug-likeness (QED) is 0.334. The number of amides is 1. The topological polar surface area (TPSA) is 85.3 Å². The van der Waals surface area contributed by atoms with E-state index in [-0.39, 0.29) is 50.7 Å². The maximum Gasteiger partial charge on any atom is 0.422 e. The Morgan fingerprint density at radius 1 is 1.05 bits per heavy atom. The molecular formula is C27H22Cl2F3NO6. The lowest BCUT2D eigenvalue weighted by atomic mass is 9.77. The summed E-state index contributed by atoms with van der Waals surface area (Å²) in [6.45, 7) is 0.958. The second-order valence-corrected chi connectivity index (χ2v) is 9.64. The molecule has 0 fully saturated rings. The molecule has 7 nitrogen and oxygen atoms in total. The zero-order valence-corrected chi connectivity index (χ0v) is 22.3. The number of carbonyl (C=O) groups excluding carboxylic acids is 2. The lowest BCUT2D eigenvalue weighted by molar-refractivity contribution is -0.274. The predicted octanol–water partition coefficient (Wildman–Crippen LogP) is 6.48. The Balaban J connectivity index is 1.67. The minimum Gasteiger partial charge on any atom is -0.482 e. The van der Waals surface area contributed by atoms with Gasteiger partial charge in [0.2, 0.25) is 0 Å². The summed E-state index contributed by atoms with van der Waals surface area (Å²) < 4.78 is 59.2. The molecule has 0 radical (unpaired) electrons. The van der Waals surface area contributed by atoms with Gasteiger partial charge in [-0.25, -0.2) is 4.79 Å². The number of likely N-dealkylation sites (N-methyl/N-ethyl adjacent to an activating group) is 1. The first kappa shape index (κ1) is 28.5. The van der Waals surface area contributed by atoms with Crippen molar-refractivity contribution in [1.29, 1.82) is 0 Å². The minimum atomic E-state index is -5.12. The number of aliphatic hydroxyl groups is 1. The van der Waals surface area contributed by atoms with E-state index in [4.69, 9.17) is 32.7 Å². The highest BCUT2D eigenvalue weighted by molar-refractivity contribution is 6.33. The molecule has 1 aliphatic rings. The molecule has 0 aromatic heterocycles. The Morgan fingerprint density at radius 3 is 2.28 bits per heavy atom. The van der Waals surface area contributed by atoms with Gasteiger partial charge in [-0.1, -0.05) is 42.3 Å². The normalized spacial score (nSPS) is 15.6. The molecule has 4 rings (SSSR count). The van der Waals surface area contributed by atoms with E-state index in [9.17, 15) is 27.9 Å². The molecule has 1 aliphatic heterocycles. The first-order valence-electron chi connectivity index (χ1n) is 11.5. The second-order valence-electron chi connectivity index (χ2n) is 8.83. The van der Waals surface area contributed by atoms with Crippen LogP contribution in [0.2, 0.25) is 10.0 Å². The van der Waals surface area contributed by atoms with E-state index in [0.29, 0.717) is 0 Å². The molecule has 1 N–H and O–H groups in total. The van der Waals surface area contributed by atoms with Crippen LogP contribution in [0, 0.1) is 0 Å². The van der Waals surface area contributed by atoms with Crippen LogP contribution >= 0.6 is 23.2 Å². The number of methoxy groups -OCH3 is 1. The van der Waals surface area contributed by atoms with Crippen LogP contribution in [0.3, 0.4) is 0 Å². The molecule has 0 bridgehead atoms. The van der Waals surface area contributed by atoms with E-state index in [1.165, 1.54) is 68.4 Å². The van der Waals surface area contributed by atoms with Gasteiger partial charge >= 0.3 is 12.1 Å². The lowest BCUT2D eigenvalue weighted by Crippen LogP contribution is -2.47. The molecule has 3 aromatic carbocycles. The van der Waals surface area contributed by atoms with Crippen molar-refractivity contribution >= 4 is 40.8 Å². The molecule has 0 saturated heterocycles. The van der Waals surface area contributed by atoms with Gasteiger partial charge in [0.1, 0.15) is 17.2 Å². The molecule has 0 saturated carbocycles. The van der Waals surface area contributed by atoms with Gasteiger partial charge in [-0.2, -0.15) is 13.2 Å². The zero-order valence-electron chi connectivity index (χ0n) is 20.8. The van der Waals surface area contributed by atoms with Crippen LogP contribution in [0.5, 0.6) is 17.2 Å². The highest BCUT2D eigenvalue weighted by atomic mass is 35.5. The van der Waals surface area contributed by atoms with Crippen molar-refractivity contribution in [3.05, 3.63) is 81.3 Å². The Labute approximate surface area is 231 Å². The van der Waals surface area contributed by atoms with Crippen molar-refractivity contribution in [1.82, 2.24) is 0 Å². The number of alkyl halides is 3. The number of anilines is 1. The summed E-state index contributed by atoms with van der Waals surface area (Å²) in [6, 6.07) is 11.7. The van der Waals surface area contributed by atoms with Crippen LogP contribution in [0.4, 0.5) is 18.9 Å². The van der Waals surface area contributed by atoms with Crippen molar-refractivity contribution < 1.29 is 42.1 Å². The number of carbonyl (C=O) groups is 2. The van der Waals surface area contributed by atoms with Crippen molar-refractivity contribution in [3.8, 4) is 17.2 Å². The molecule has 39 heavy (non-hydrogen) atoms. The number of rotatable bonds is 6. The molecule has 0 unspecified atom stereocenters. The number of nitrogens with zero attached hydrogens (tertiary/aromatic N) is 1. The molecule has 1 amide bonds. The fraction of sp³-hybridized carbons (Fsp3) is 0.259. The Bertz CT molecular complexity index is 1450. The molecular weight excluding hydrogens is 562 g/mol. The van der Waals surface area contributed by atoms with E-state index < -0.39 is 35.1 Å². The van der Waals surface area contributed by atoms with Crippen LogP contribution < -0.4 is 14.4 Å².